The Labute approximate surface area is 106 Å². The van der Waals surface area contributed by atoms with Gasteiger partial charge in [0.15, 0.2) is 0 Å². The maximum absolute atomic E-state index is 9.42. The number of nitrogens with zero attached hydrogens (tertiary/aromatic N) is 1. The summed E-state index contributed by atoms with van der Waals surface area (Å²) in [6, 6.07) is 2.57. The predicted molar refractivity (Wildman–Crippen MR) is 70.4 cm³/mol. The lowest BCUT2D eigenvalue weighted by atomic mass is 9.63. The van der Waals surface area contributed by atoms with E-state index in [1.165, 1.54) is 12.8 Å². The molecule has 0 spiro atoms. The van der Waals surface area contributed by atoms with Gasteiger partial charge in [-0.05, 0) is 56.3 Å². The SMILES string of the molecule is CC(C)(C)C1CCC(C#N)(CCCCO)CC1. The van der Waals surface area contributed by atoms with Crippen molar-refractivity contribution in [1.29, 1.82) is 5.26 Å². The van der Waals surface area contributed by atoms with Crippen LogP contribution in [-0.4, -0.2) is 11.7 Å². The van der Waals surface area contributed by atoms with Crippen molar-refractivity contribution in [2.45, 2.75) is 65.7 Å². The lowest BCUT2D eigenvalue weighted by Crippen LogP contribution is -2.31. The molecule has 0 bridgehead atoms. The summed E-state index contributed by atoms with van der Waals surface area (Å²) in [5.41, 5.74) is 0.295. The number of unbranched alkanes of at least 4 members (excludes halogenated alkanes) is 1. The standard InChI is InChI=1S/C15H27NO/c1-14(2,3)13-6-9-15(12-16,10-7-13)8-4-5-11-17/h13,17H,4-11H2,1-3H3. The second-order valence-electron chi connectivity index (χ2n) is 6.71. The van der Waals surface area contributed by atoms with Gasteiger partial charge in [0.1, 0.15) is 0 Å². The minimum absolute atomic E-state index is 0.0864. The first-order valence-electron chi connectivity index (χ1n) is 6.96. The van der Waals surface area contributed by atoms with Crippen LogP contribution in [0.25, 0.3) is 0 Å². The zero-order valence-corrected chi connectivity index (χ0v) is 11.6. The summed E-state index contributed by atoms with van der Waals surface area (Å²) in [7, 11) is 0. The fraction of sp³-hybridized carbons (Fsp3) is 0.933. The van der Waals surface area contributed by atoms with Gasteiger partial charge < -0.3 is 5.11 Å². The quantitative estimate of drug-likeness (QED) is 0.754. The van der Waals surface area contributed by atoms with Crippen LogP contribution in [-0.2, 0) is 0 Å². The van der Waals surface area contributed by atoms with Gasteiger partial charge in [0, 0.05) is 6.61 Å². The van der Waals surface area contributed by atoms with Gasteiger partial charge in [0.2, 0.25) is 0 Å². The van der Waals surface area contributed by atoms with Crippen LogP contribution in [0.1, 0.15) is 65.7 Å². The van der Waals surface area contributed by atoms with Crippen molar-refractivity contribution in [3.05, 3.63) is 0 Å². The van der Waals surface area contributed by atoms with E-state index in [1.54, 1.807) is 0 Å². The third-order valence-electron chi connectivity index (χ3n) is 4.47. The number of rotatable bonds is 4. The molecule has 1 aliphatic rings. The number of nitriles is 1. The highest BCUT2D eigenvalue weighted by Crippen LogP contribution is 2.47. The lowest BCUT2D eigenvalue weighted by molar-refractivity contribution is 0.112. The highest BCUT2D eigenvalue weighted by molar-refractivity contribution is 5.02. The normalized spacial score (nSPS) is 29.9. The first-order valence-corrected chi connectivity index (χ1v) is 6.96. The molecule has 0 unspecified atom stereocenters. The Morgan fingerprint density at radius 2 is 1.82 bits per heavy atom. The van der Waals surface area contributed by atoms with E-state index >= 15 is 0 Å². The van der Waals surface area contributed by atoms with Crippen molar-refractivity contribution in [3.63, 3.8) is 0 Å². The first-order chi connectivity index (χ1) is 7.93. The van der Waals surface area contributed by atoms with Crippen molar-refractivity contribution in [3.8, 4) is 6.07 Å². The number of aliphatic hydroxyl groups excluding tert-OH is 1. The Bertz CT molecular complexity index is 264. The molecule has 1 rings (SSSR count). The molecule has 0 saturated heterocycles. The average Bonchev–Trinajstić information content (AvgIpc) is 2.29. The Balaban J connectivity index is 2.49. The van der Waals surface area contributed by atoms with Gasteiger partial charge in [-0.25, -0.2) is 0 Å². The van der Waals surface area contributed by atoms with Crippen LogP contribution in [0.5, 0.6) is 0 Å². The molecule has 0 aromatic carbocycles. The smallest absolute Gasteiger partial charge is 0.0689 e. The molecule has 1 fully saturated rings. The fourth-order valence-electron chi connectivity index (χ4n) is 3.03. The van der Waals surface area contributed by atoms with Crippen LogP contribution in [0.3, 0.4) is 0 Å². The van der Waals surface area contributed by atoms with Crippen LogP contribution in [0.4, 0.5) is 0 Å². The van der Waals surface area contributed by atoms with Crippen molar-refractivity contribution in [2.75, 3.05) is 6.61 Å². The molecule has 0 radical (unpaired) electrons. The molecule has 2 heteroatoms. The summed E-state index contributed by atoms with van der Waals surface area (Å²) < 4.78 is 0. The van der Waals surface area contributed by atoms with Gasteiger partial charge in [-0.2, -0.15) is 5.26 Å². The van der Waals surface area contributed by atoms with Crippen molar-refractivity contribution >= 4 is 0 Å². The van der Waals surface area contributed by atoms with Gasteiger partial charge in [-0.1, -0.05) is 20.8 Å². The van der Waals surface area contributed by atoms with E-state index in [0.29, 0.717) is 5.41 Å². The molecule has 0 aromatic rings. The zero-order valence-electron chi connectivity index (χ0n) is 11.6. The van der Waals surface area contributed by atoms with E-state index in [0.717, 1.165) is 38.0 Å². The highest BCUT2D eigenvalue weighted by Gasteiger charge is 2.38. The molecule has 2 nitrogen and oxygen atoms in total. The third-order valence-corrected chi connectivity index (χ3v) is 4.47. The van der Waals surface area contributed by atoms with Crippen molar-refractivity contribution < 1.29 is 5.11 Å². The van der Waals surface area contributed by atoms with Crippen molar-refractivity contribution in [1.82, 2.24) is 0 Å². The van der Waals surface area contributed by atoms with E-state index in [9.17, 15) is 5.26 Å². The second kappa shape index (κ2) is 5.87. The summed E-state index contributed by atoms with van der Waals surface area (Å²) >= 11 is 0. The second-order valence-corrected chi connectivity index (χ2v) is 6.71. The largest absolute Gasteiger partial charge is 0.396 e. The number of hydrogen-bond donors (Lipinski definition) is 1. The van der Waals surface area contributed by atoms with Crippen LogP contribution < -0.4 is 0 Å². The van der Waals surface area contributed by atoms with E-state index in [2.05, 4.69) is 26.8 Å². The molecular weight excluding hydrogens is 210 g/mol. The molecular formula is C15H27NO. The topological polar surface area (TPSA) is 44.0 Å². The predicted octanol–water partition coefficient (Wildman–Crippen LogP) is 3.90. The number of hydrogen-bond acceptors (Lipinski definition) is 2. The van der Waals surface area contributed by atoms with Crippen LogP contribution >= 0.6 is 0 Å². The summed E-state index contributed by atoms with van der Waals surface area (Å²) in [6.45, 7) is 7.18. The molecule has 0 atom stereocenters. The Kier molecular flexibility index (Phi) is 5.01. The lowest BCUT2D eigenvalue weighted by Gasteiger charge is -2.40. The summed E-state index contributed by atoms with van der Waals surface area (Å²) in [6.07, 6.45) is 7.29. The minimum Gasteiger partial charge on any atom is -0.396 e. The Morgan fingerprint density at radius 3 is 2.24 bits per heavy atom. The van der Waals surface area contributed by atoms with E-state index in [4.69, 9.17) is 5.11 Å². The van der Waals surface area contributed by atoms with E-state index < -0.39 is 0 Å². The average molecular weight is 237 g/mol. The Hall–Kier alpha value is -0.550. The molecule has 1 N–H and O–H groups in total. The van der Waals surface area contributed by atoms with Crippen molar-refractivity contribution in [2.24, 2.45) is 16.7 Å². The summed E-state index contributed by atoms with van der Waals surface area (Å²) in [4.78, 5) is 0. The van der Waals surface area contributed by atoms with Gasteiger partial charge in [0.25, 0.3) is 0 Å². The first kappa shape index (κ1) is 14.5. The highest BCUT2D eigenvalue weighted by atomic mass is 16.2. The monoisotopic (exact) mass is 237 g/mol. The van der Waals surface area contributed by atoms with Crippen LogP contribution in [0, 0.1) is 28.1 Å². The molecule has 0 amide bonds. The molecule has 17 heavy (non-hydrogen) atoms. The molecule has 1 aliphatic carbocycles. The van der Waals surface area contributed by atoms with Gasteiger partial charge in [-0.15, -0.1) is 0 Å². The molecule has 1 saturated carbocycles. The van der Waals surface area contributed by atoms with E-state index in [1.807, 2.05) is 0 Å². The maximum Gasteiger partial charge on any atom is 0.0689 e. The van der Waals surface area contributed by atoms with Gasteiger partial charge >= 0.3 is 0 Å². The molecule has 98 valence electrons. The maximum atomic E-state index is 9.42. The Morgan fingerprint density at radius 1 is 1.24 bits per heavy atom. The summed E-state index contributed by atoms with van der Waals surface area (Å²) in [5, 5.41) is 18.2. The minimum atomic E-state index is -0.0864. The zero-order chi connectivity index (χ0) is 12.9. The molecule has 0 aliphatic heterocycles. The van der Waals surface area contributed by atoms with Gasteiger partial charge in [-0.3, -0.25) is 0 Å². The fourth-order valence-corrected chi connectivity index (χ4v) is 3.03. The van der Waals surface area contributed by atoms with Crippen LogP contribution in [0.15, 0.2) is 0 Å². The van der Waals surface area contributed by atoms with Crippen LogP contribution in [0.2, 0.25) is 0 Å². The molecule has 0 heterocycles. The summed E-state index contributed by atoms with van der Waals surface area (Å²) in [5.74, 6) is 0.766. The molecule has 0 aromatic heterocycles. The van der Waals surface area contributed by atoms with E-state index in [-0.39, 0.29) is 12.0 Å². The third kappa shape index (κ3) is 4.00. The van der Waals surface area contributed by atoms with Gasteiger partial charge in [0.05, 0.1) is 11.5 Å². The number of aliphatic hydroxyl groups is 1.